The number of unbranched alkanes of at least 4 members (excludes halogenated alkanes) is 3. The Labute approximate surface area is 121 Å². The summed E-state index contributed by atoms with van der Waals surface area (Å²) in [4.78, 5) is 24.1. The van der Waals surface area contributed by atoms with Crippen LogP contribution in [0.4, 0.5) is 0 Å². The summed E-state index contributed by atoms with van der Waals surface area (Å²) in [6.07, 6.45) is 5.30. The molecule has 0 heterocycles. The van der Waals surface area contributed by atoms with Crippen molar-refractivity contribution in [3.8, 4) is 0 Å². The van der Waals surface area contributed by atoms with Crippen LogP contribution in [0.5, 0.6) is 0 Å². The number of benzene rings is 1. The first-order valence-corrected chi connectivity index (χ1v) is 7.50. The lowest BCUT2D eigenvalue weighted by Gasteiger charge is -2.08. The SMILES string of the molecule is CCCCCOC(=O)c1ccccc1C(=O)CCCC. The fourth-order valence-electron chi connectivity index (χ4n) is 1.97. The lowest BCUT2D eigenvalue weighted by molar-refractivity contribution is 0.0495. The molecule has 3 nitrogen and oxygen atoms in total. The van der Waals surface area contributed by atoms with Gasteiger partial charge in [-0.3, -0.25) is 4.79 Å². The van der Waals surface area contributed by atoms with Gasteiger partial charge in [0, 0.05) is 12.0 Å². The summed E-state index contributed by atoms with van der Waals surface area (Å²) >= 11 is 0. The van der Waals surface area contributed by atoms with E-state index in [9.17, 15) is 9.59 Å². The monoisotopic (exact) mass is 276 g/mol. The maximum atomic E-state index is 12.1. The van der Waals surface area contributed by atoms with E-state index in [2.05, 4.69) is 6.92 Å². The Morgan fingerprint density at radius 2 is 1.60 bits per heavy atom. The van der Waals surface area contributed by atoms with E-state index in [1.165, 1.54) is 0 Å². The molecule has 0 bridgehead atoms. The fourth-order valence-corrected chi connectivity index (χ4v) is 1.97. The van der Waals surface area contributed by atoms with Gasteiger partial charge in [0.15, 0.2) is 5.78 Å². The maximum absolute atomic E-state index is 12.1. The third-order valence-electron chi connectivity index (χ3n) is 3.19. The zero-order valence-electron chi connectivity index (χ0n) is 12.5. The first-order valence-electron chi connectivity index (χ1n) is 7.50. The number of carbonyl (C=O) groups is 2. The zero-order valence-corrected chi connectivity index (χ0v) is 12.5. The minimum Gasteiger partial charge on any atom is -0.462 e. The molecule has 0 aromatic heterocycles. The Balaban J connectivity index is 2.69. The summed E-state index contributed by atoms with van der Waals surface area (Å²) in [6.45, 7) is 4.56. The van der Waals surface area contributed by atoms with E-state index < -0.39 is 0 Å². The lowest BCUT2D eigenvalue weighted by atomic mass is 10.00. The third kappa shape index (κ3) is 5.16. The van der Waals surface area contributed by atoms with Gasteiger partial charge in [-0.05, 0) is 18.9 Å². The molecule has 110 valence electrons. The number of ketones is 1. The van der Waals surface area contributed by atoms with Crippen LogP contribution in [-0.4, -0.2) is 18.4 Å². The number of esters is 1. The number of ether oxygens (including phenoxy) is 1. The minimum atomic E-state index is -0.387. The Morgan fingerprint density at radius 1 is 0.950 bits per heavy atom. The standard InChI is InChI=1S/C17H24O3/c1-3-5-9-13-20-17(19)15-11-8-7-10-14(15)16(18)12-6-4-2/h7-8,10-11H,3-6,9,12-13H2,1-2H3. The summed E-state index contributed by atoms with van der Waals surface area (Å²) in [5, 5.41) is 0. The summed E-state index contributed by atoms with van der Waals surface area (Å²) in [5.41, 5.74) is 0.881. The lowest BCUT2D eigenvalue weighted by Crippen LogP contribution is -2.12. The van der Waals surface area contributed by atoms with Crippen LogP contribution < -0.4 is 0 Å². The van der Waals surface area contributed by atoms with Crippen molar-refractivity contribution in [3.63, 3.8) is 0 Å². The first-order chi connectivity index (χ1) is 9.70. The average Bonchev–Trinajstić information content (AvgIpc) is 2.49. The molecule has 20 heavy (non-hydrogen) atoms. The molecular formula is C17H24O3. The Morgan fingerprint density at radius 3 is 2.25 bits per heavy atom. The van der Waals surface area contributed by atoms with Crippen molar-refractivity contribution in [2.24, 2.45) is 0 Å². The highest BCUT2D eigenvalue weighted by atomic mass is 16.5. The van der Waals surface area contributed by atoms with Crippen molar-refractivity contribution < 1.29 is 14.3 Å². The van der Waals surface area contributed by atoms with Crippen molar-refractivity contribution in [1.82, 2.24) is 0 Å². The zero-order chi connectivity index (χ0) is 14.8. The van der Waals surface area contributed by atoms with Gasteiger partial charge >= 0.3 is 5.97 Å². The molecule has 0 unspecified atom stereocenters. The largest absolute Gasteiger partial charge is 0.462 e. The van der Waals surface area contributed by atoms with Crippen LogP contribution in [0.2, 0.25) is 0 Å². The molecule has 3 heteroatoms. The van der Waals surface area contributed by atoms with Gasteiger partial charge in [0.25, 0.3) is 0 Å². The van der Waals surface area contributed by atoms with E-state index in [1.807, 2.05) is 6.92 Å². The summed E-state index contributed by atoms with van der Waals surface area (Å²) in [6, 6.07) is 6.92. The highest BCUT2D eigenvalue weighted by Crippen LogP contribution is 2.14. The smallest absolute Gasteiger partial charge is 0.338 e. The van der Waals surface area contributed by atoms with Crippen LogP contribution in [-0.2, 0) is 4.74 Å². The van der Waals surface area contributed by atoms with E-state index in [1.54, 1.807) is 24.3 Å². The Kier molecular flexibility index (Phi) is 7.63. The molecule has 1 aromatic rings. The minimum absolute atomic E-state index is 0.0213. The molecule has 0 atom stereocenters. The second-order valence-electron chi connectivity index (χ2n) is 4.92. The molecule has 0 aliphatic heterocycles. The molecular weight excluding hydrogens is 252 g/mol. The molecule has 0 saturated heterocycles. The van der Waals surface area contributed by atoms with E-state index in [-0.39, 0.29) is 11.8 Å². The molecule has 0 N–H and O–H groups in total. The van der Waals surface area contributed by atoms with Crippen LogP contribution >= 0.6 is 0 Å². The van der Waals surface area contributed by atoms with Gasteiger partial charge in [0.2, 0.25) is 0 Å². The second-order valence-corrected chi connectivity index (χ2v) is 4.92. The van der Waals surface area contributed by atoms with Crippen LogP contribution in [0.1, 0.15) is 73.1 Å². The number of rotatable bonds is 9. The maximum Gasteiger partial charge on any atom is 0.338 e. The van der Waals surface area contributed by atoms with Crippen molar-refractivity contribution >= 4 is 11.8 Å². The number of hydrogen-bond acceptors (Lipinski definition) is 3. The summed E-state index contributed by atoms with van der Waals surface area (Å²) < 4.78 is 5.23. The van der Waals surface area contributed by atoms with Gasteiger partial charge in [-0.15, -0.1) is 0 Å². The van der Waals surface area contributed by atoms with Crippen LogP contribution in [0.3, 0.4) is 0 Å². The van der Waals surface area contributed by atoms with Gasteiger partial charge in [-0.2, -0.15) is 0 Å². The van der Waals surface area contributed by atoms with Crippen LogP contribution in [0, 0.1) is 0 Å². The molecule has 1 rings (SSSR count). The van der Waals surface area contributed by atoms with Gasteiger partial charge in [-0.25, -0.2) is 4.79 Å². The van der Waals surface area contributed by atoms with Crippen molar-refractivity contribution in [1.29, 1.82) is 0 Å². The predicted molar refractivity (Wildman–Crippen MR) is 80.1 cm³/mol. The number of hydrogen-bond donors (Lipinski definition) is 0. The molecule has 0 fully saturated rings. The molecule has 0 radical (unpaired) electrons. The molecule has 1 aromatic carbocycles. The van der Waals surface area contributed by atoms with E-state index in [4.69, 9.17) is 4.74 Å². The second kappa shape index (κ2) is 9.29. The van der Waals surface area contributed by atoms with Gasteiger partial charge in [-0.1, -0.05) is 51.3 Å². The van der Waals surface area contributed by atoms with E-state index in [0.29, 0.717) is 24.2 Å². The molecule has 0 amide bonds. The first kappa shape index (κ1) is 16.4. The number of Topliss-reactive ketones (excluding diaryl/α,β-unsaturated/α-hetero) is 1. The molecule has 0 saturated carbocycles. The highest BCUT2D eigenvalue weighted by Gasteiger charge is 2.17. The van der Waals surface area contributed by atoms with Crippen LogP contribution in [0.25, 0.3) is 0 Å². The van der Waals surface area contributed by atoms with Crippen LogP contribution in [0.15, 0.2) is 24.3 Å². The van der Waals surface area contributed by atoms with Gasteiger partial charge < -0.3 is 4.74 Å². The van der Waals surface area contributed by atoms with E-state index >= 15 is 0 Å². The van der Waals surface area contributed by atoms with E-state index in [0.717, 1.165) is 32.1 Å². The molecule has 0 aliphatic rings. The quantitative estimate of drug-likeness (QED) is 0.381. The van der Waals surface area contributed by atoms with Crippen molar-refractivity contribution in [2.45, 2.75) is 52.4 Å². The highest BCUT2D eigenvalue weighted by molar-refractivity contribution is 6.06. The van der Waals surface area contributed by atoms with Crippen molar-refractivity contribution in [3.05, 3.63) is 35.4 Å². The summed E-state index contributed by atoms with van der Waals surface area (Å²) in [5.74, 6) is -0.366. The number of carbonyl (C=O) groups excluding carboxylic acids is 2. The molecule has 0 spiro atoms. The average molecular weight is 276 g/mol. The topological polar surface area (TPSA) is 43.4 Å². The van der Waals surface area contributed by atoms with Gasteiger partial charge in [0.1, 0.15) is 0 Å². The summed E-state index contributed by atoms with van der Waals surface area (Å²) in [7, 11) is 0. The fraction of sp³-hybridized carbons (Fsp3) is 0.529. The Hall–Kier alpha value is -1.64. The predicted octanol–water partition coefficient (Wildman–Crippen LogP) is 4.41. The molecule has 0 aliphatic carbocycles. The normalized spacial score (nSPS) is 10.3. The third-order valence-corrected chi connectivity index (χ3v) is 3.19. The van der Waals surface area contributed by atoms with Gasteiger partial charge in [0.05, 0.1) is 12.2 Å². The van der Waals surface area contributed by atoms with Crippen molar-refractivity contribution in [2.75, 3.05) is 6.61 Å². The Bertz CT molecular complexity index is 438.